The molecule has 4 heteroatoms. The van der Waals surface area contributed by atoms with Crippen molar-refractivity contribution in [2.75, 3.05) is 12.4 Å². The topological polar surface area (TPSA) is 38.3 Å². The van der Waals surface area contributed by atoms with Gasteiger partial charge < -0.3 is 10.1 Å². The molecular weight excluding hydrogens is 258 g/mol. The summed E-state index contributed by atoms with van der Waals surface area (Å²) >= 11 is 3.43. The molecule has 1 N–H and O–H groups in total. The first-order chi connectivity index (χ1) is 7.20. The summed E-state index contributed by atoms with van der Waals surface area (Å²) < 4.78 is 5.54. The number of rotatable bonds is 3. The molecule has 0 unspecified atom stereocenters. The van der Waals surface area contributed by atoms with E-state index in [9.17, 15) is 4.79 Å². The average molecular weight is 270 g/mol. The predicted molar refractivity (Wildman–Crippen MR) is 62.1 cm³/mol. The Kier molecular flexibility index (Phi) is 2.95. The summed E-state index contributed by atoms with van der Waals surface area (Å²) in [6.07, 6.45) is 2.45. The monoisotopic (exact) mass is 269 g/mol. The number of ether oxygens (including phenoxy) is 1. The second kappa shape index (κ2) is 4.23. The first kappa shape index (κ1) is 10.5. The molecular formula is C11H12BrNO2. The summed E-state index contributed by atoms with van der Waals surface area (Å²) in [7, 11) is 1.38. The summed E-state index contributed by atoms with van der Waals surface area (Å²) in [4.78, 5) is 11.2. The lowest BCUT2D eigenvalue weighted by Crippen LogP contribution is -2.04. The molecule has 1 fully saturated rings. The maximum atomic E-state index is 11.2. The zero-order valence-electron chi connectivity index (χ0n) is 8.42. The largest absolute Gasteiger partial charge is 0.465 e. The van der Waals surface area contributed by atoms with E-state index in [1.807, 2.05) is 6.07 Å². The van der Waals surface area contributed by atoms with Crippen LogP contribution in [0.15, 0.2) is 22.7 Å². The van der Waals surface area contributed by atoms with Crippen LogP contribution in [0.25, 0.3) is 0 Å². The Balaban J connectivity index is 2.17. The maximum absolute atomic E-state index is 11.2. The Hall–Kier alpha value is -1.03. The summed E-state index contributed by atoms with van der Waals surface area (Å²) in [5.41, 5.74) is 1.59. The van der Waals surface area contributed by atoms with Gasteiger partial charge in [0.25, 0.3) is 0 Å². The molecule has 0 heterocycles. The summed E-state index contributed by atoms with van der Waals surface area (Å²) in [6.45, 7) is 0. The van der Waals surface area contributed by atoms with E-state index in [2.05, 4.69) is 26.0 Å². The highest BCUT2D eigenvalue weighted by Crippen LogP contribution is 2.30. The molecule has 80 valence electrons. The van der Waals surface area contributed by atoms with Gasteiger partial charge in [0, 0.05) is 16.2 Å². The number of esters is 1. The molecule has 0 atom stereocenters. The molecule has 0 bridgehead atoms. The lowest BCUT2D eigenvalue weighted by atomic mass is 10.2. The van der Waals surface area contributed by atoms with E-state index < -0.39 is 0 Å². The van der Waals surface area contributed by atoms with Crippen LogP contribution in [-0.4, -0.2) is 19.1 Å². The van der Waals surface area contributed by atoms with Crippen molar-refractivity contribution in [2.45, 2.75) is 18.9 Å². The molecule has 0 spiro atoms. The van der Waals surface area contributed by atoms with Crippen molar-refractivity contribution in [3.05, 3.63) is 28.2 Å². The number of hydrogen-bond donors (Lipinski definition) is 1. The van der Waals surface area contributed by atoms with E-state index >= 15 is 0 Å². The van der Waals surface area contributed by atoms with Crippen LogP contribution in [-0.2, 0) is 4.74 Å². The van der Waals surface area contributed by atoms with Crippen molar-refractivity contribution in [1.29, 1.82) is 0 Å². The van der Waals surface area contributed by atoms with E-state index in [1.165, 1.54) is 20.0 Å². The van der Waals surface area contributed by atoms with Crippen LogP contribution in [0.4, 0.5) is 5.69 Å². The predicted octanol–water partition coefficient (Wildman–Crippen LogP) is 2.81. The van der Waals surface area contributed by atoms with Gasteiger partial charge >= 0.3 is 5.97 Å². The standard InChI is InChI=1S/C11H12BrNO2/c1-15-11(14)7-2-5-10(9(12)6-7)13-8-3-4-8/h2,5-6,8,13H,3-4H2,1H3. The third-order valence-electron chi connectivity index (χ3n) is 2.33. The van der Waals surface area contributed by atoms with Gasteiger partial charge in [0.05, 0.1) is 12.7 Å². The van der Waals surface area contributed by atoms with Gasteiger partial charge in [0.1, 0.15) is 0 Å². The molecule has 15 heavy (non-hydrogen) atoms. The van der Waals surface area contributed by atoms with Gasteiger partial charge in [-0.05, 0) is 47.0 Å². The van der Waals surface area contributed by atoms with Crippen LogP contribution in [0, 0.1) is 0 Å². The van der Waals surface area contributed by atoms with Crippen molar-refractivity contribution in [1.82, 2.24) is 0 Å². The molecule has 1 aliphatic rings. The van der Waals surface area contributed by atoms with Gasteiger partial charge in [-0.2, -0.15) is 0 Å². The van der Waals surface area contributed by atoms with E-state index in [4.69, 9.17) is 0 Å². The maximum Gasteiger partial charge on any atom is 0.337 e. The highest BCUT2D eigenvalue weighted by atomic mass is 79.9. The molecule has 1 saturated carbocycles. The highest BCUT2D eigenvalue weighted by Gasteiger charge is 2.21. The second-order valence-corrected chi connectivity index (χ2v) is 4.46. The van der Waals surface area contributed by atoms with Crippen LogP contribution in [0.3, 0.4) is 0 Å². The molecule has 3 nitrogen and oxygen atoms in total. The lowest BCUT2D eigenvalue weighted by Gasteiger charge is -2.08. The van der Waals surface area contributed by atoms with Crippen LogP contribution in [0.1, 0.15) is 23.2 Å². The Labute approximate surface area is 96.9 Å². The number of methoxy groups -OCH3 is 1. The van der Waals surface area contributed by atoms with Gasteiger partial charge in [-0.15, -0.1) is 0 Å². The lowest BCUT2D eigenvalue weighted by molar-refractivity contribution is 0.0600. The van der Waals surface area contributed by atoms with Crippen molar-refractivity contribution in [3.8, 4) is 0 Å². The fourth-order valence-corrected chi connectivity index (χ4v) is 1.82. The fourth-order valence-electron chi connectivity index (χ4n) is 1.32. The van der Waals surface area contributed by atoms with Crippen molar-refractivity contribution < 1.29 is 9.53 Å². The Bertz CT molecular complexity index is 388. The van der Waals surface area contributed by atoms with Gasteiger partial charge in [-0.25, -0.2) is 4.79 Å². The van der Waals surface area contributed by atoms with E-state index in [1.54, 1.807) is 12.1 Å². The summed E-state index contributed by atoms with van der Waals surface area (Å²) in [6, 6.07) is 6.04. The number of carbonyl (C=O) groups excluding carboxylic acids is 1. The number of anilines is 1. The molecule has 0 saturated heterocycles. The Morgan fingerprint density at radius 3 is 2.80 bits per heavy atom. The molecule has 1 aliphatic carbocycles. The smallest absolute Gasteiger partial charge is 0.337 e. The quantitative estimate of drug-likeness (QED) is 0.858. The number of hydrogen-bond acceptors (Lipinski definition) is 3. The minimum absolute atomic E-state index is 0.311. The number of carbonyl (C=O) groups is 1. The first-order valence-corrected chi connectivity index (χ1v) is 5.64. The third kappa shape index (κ3) is 2.50. The molecule has 0 amide bonds. The van der Waals surface area contributed by atoms with Crippen LogP contribution in [0.5, 0.6) is 0 Å². The van der Waals surface area contributed by atoms with Crippen molar-refractivity contribution in [3.63, 3.8) is 0 Å². The highest BCUT2D eigenvalue weighted by molar-refractivity contribution is 9.10. The minimum atomic E-state index is -0.311. The van der Waals surface area contributed by atoms with Gasteiger partial charge in [0.15, 0.2) is 0 Å². The van der Waals surface area contributed by atoms with Gasteiger partial charge in [-0.3, -0.25) is 0 Å². The van der Waals surface area contributed by atoms with Gasteiger partial charge in [-0.1, -0.05) is 0 Å². The van der Waals surface area contributed by atoms with Crippen molar-refractivity contribution in [2.24, 2.45) is 0 Å². The molecule has 0 aliphatic heterocycles. The van der Waals surface area contributed by atoms with E-state index in [-0.39, 0.29) is 5.97 Å². The zero-order valence-corrected chi connectivity index (χ0v) is 10.0. The molecule has 2 rings (SSSR count). The Morgan fingerprint density at radius 1 is 1.53 bits per heavy atom. The number of benzene rings is 1. The number of nitrogens with one attached hydrogen (secondary N) is 1. The molecule has 1 aromatic carbocycles. The van der Waals surface area contributed by atoms with Crippen LogP contribution >= 0.6 is 15.9 Å². The zero-order chi connectivity index (χ0) is 10.8. The summed E-state index contributed by atoms with van der Waals surface area (Å²) in [5, 5.41) is 3.37. The second-order valence-electron chi connectivity index (χ2n) is 3.60. The van der Waals surface area contributed by atoms with Crippen LogP contribution in [0.2, 0.25) is 0 Å². The normalized spacial score (nSPS) is 14.8. The average Bonchev–Trinajstić information content (AvgIpc) is 3.04. The van der Waals surface area contributed by atoms with Crippen molar-refractivity contribution >= 4 is 27.6 Å². The number of halogens is 1. The minimum Gasteiger partial charge on any atom is -0.465 e. The van der Waals surface area contributed by atoms with Crippen LogP contribution < -0.4 is 5.32 Å². The van der Waals surface area contributed by atoms with Gasteiger partial charge in [0.2, 0.25) is 0 Å². The molecule has 0 radical (unpaired) electrons. The molecule has 0 aromatic heterocycles. The van der Waals surface area contributed by atoms with E-state index in [0.29, 0.717) is 11.6 Å². The molecule has 1 aromatic rings. The first-order valence-electron chi connectivity index (χ1n) is 4.85. The fraction of sp³-hybridized carbons (Fsp3) is 0.364. The summed E-state index contributed by atoms with van der Waals surface area (Å²) in [5.74, 6) is -0.311. The SMILES string of the molecule is COC(=O)c1ccc(NC2CC2)c(Br)c1. The van der Waals surface area contributed by atoms with E-state index in [0.717, 1.165) is 10.2 Å². The Morgan fingerprint density at radius 2 is 2.27 bits per heavy atom. The third-order valence-corrected chi connectivity index (χ3v) is 2.98.